The van der Waals surface area contributed by atoms with Crippen molar-refractivity contribution in [1.82, 2.24) is 4.90 Å². The van der Waals surface area contributed by atoms with Gasteiger partial charge in [0.1, 0.15) is 35.4 Å². The van der Waals surface area contributed by atoms with Crippen LogP contribution in [0.15, 0.2) is 78.2 Å². The summed E-state index contributed by atoms with van der Waals surface area (Å²) >= 11 is 7.90. The number of hydrogen-bond acceptors (Lipinski definition) is 6. The standard InChI is InChI=1S/C24H26ClFO3S.C18H18F3NO/c1-16-11-12-30-24(16)10-5-4-7-18-22(27-2)13-17(14-23(18)28-3)29-15-19-20(25)8-6-9-21(19)26;1-12-6-13(8-16(7-12)18(19,20)21)10-22-5-4-14-9-17(23)3-2-15(14)11-22/h6,8-9,11-14H,4-5,7,10,15H2,1-3H3;2-3,6-9,23H,4-5,10-11H2,1H3. The van der Waals surface area contributed by atoms with E-state index in [2.05, 4.69) is 23.3 Å². The van der Waals surface area contributed by atoms with Crippen LogP contribution in [-0.4, -0.2) is 30.8 Å². The van der Waals surface area contributed by atoms with Gasteiger partial charge in [0.25, 0.3) is 0 Å². The van der Waals surface area contributed by atoms with Crippen LogP contribution in [0.5, 0.6) is 23.0 Å². The molecular formula is C42H44ClF4NO4S. The highest BCUT2D eigenvalue weighted by Gasteiger charge is 2.31. The van der Waals surface area contributed by atoms with Crippen molar-refractivity contribution in [3.8, 4) is 23.0 Å². The second kappa shape index (κ2) is 18.2. The van der Waals surface area contributed by atoms with Crippen LogP contribution in [0.3, 0.4) is 0 Å². The Morgan fingerprint density at radius 3 is 2.26 bits per heavy atom. The number of aryl methyl sites for hydroxylation is 3. The number of thiophene rings is 1. The molecule has 282 valence electrons. The zero-order valence-corrected chi connectivity index (χ0v) is 31.9. The zero-order valence-electron chi connectivity index (χ0n) is 30.3. The van der Waals surface area contributed by atoms with Gasteiger partial charge in [0, 0.05) is 47.8 Å². The quantitative estimate of drug-likeness (QED) is 0.101. The van der Waals surface area contributed by atoms with Crippen molar-refractivity contribution in [1.29, 1.82) is 0 Å². The Morgan fingerprint density at radius 1 is 0.868 bits per heavy atom. The molecular weight excluding hydrogens is 726 g/mol. The molecule has 5 aromatic rings. The molecule has 1 aliphatic heterocycles. The Bertz CT molecular complexity index is 1950. The average molecular weight is 770 g/mol. The van der Waals surface area contributed by atoms with Crippen molar-refractivity contribution in [3.05, 3.63) is 138 Å². The van der Waals surface area contributed by atoms with E-state index in [9.17, 15) is 22.7 Å². The van der Waals surface area contributed by atoms with E-state index in [1.165, 1.54) is 28.6 Å². The van der Waals surface area contributed by atoms with Crippen LogP contribution in [0, 0.1) is 19.7 Å². The first-order valence-corrected chi connectivity index (χ1v) is 18.6. The molecule has 1 aliphatic rings. The lowest BCUT2D eigenvalue weighted by Gasteiger charge is -2.29. The van der Waals surface area contributed by atoms with Crippen molar-refractivity contribution in [3.63, 3.8) is 0 Å². The third kappa shape index (κ3) is 10.9. The Labute approximate surface area is 317 Å². The Hall–Kier alpha value is -4.25. The maximum absolute atomic E-state index is 14.0. The van der Waals surface area contributed by atoms with Crippen LogP contribution in [0.2, 0.25) is 5.02 Å². The molecule has 0 bridgehead atoms. The van der Waals surface area contributed by atoms with Gasteiger partial charge in [0.15, 0.2) is 0 Å². The summed E-state index contributed by atoms with van der Waals surface area (Å²) in [4.78, 5) is 3.58. The molecule has 0 spiro atoms. The molecule has 0 amide bonds. The summed E-state index contributed by atoms with van der Waals surface area (Å²) in [5.41, 5.74) is 5.65. The summed E-state index contributed by atoms with van der Waals surface area (Å²) in [7, 11) is 3.26. The number of ether oxygens (including phenoxy) is 3. The average Bonchev–Trinajstić information content (AvgIpc) is 3.53. The van der Waals surface area contributed by atoms with Gasteiger partial charge in [-0.25, -0.2) is 4.39 Å². The first-order valence-electron chi connectivity index (χ1n) is 17.4. The summed E-state index contributed by atoms with van der Waals surface area (Å²) in [6, 6.07) is 19.9. The van der Waals surface area contributed by atoms with Crippen molar-refractivity contribution in [2.24, 2.45) is 0 Å². The summed E-state index contributed by atoms with van der Waals surface area (Å²) in [5, 5.41) is 12.0. The first kappa shape index (κ1) is 39.9. The summed E-state index contributed by atoms with van der Waals surface area (Å²) < 4.78 is 69.7. The van der Waals surface area contributed by atoms with Crippen LogP contribution in [-0.2, 0) is 45.1 Å². The van der Waals surface area contributed by atoms with E-state index in [4.69, 9.17) is 25.8 Å². The van der Waals surface area contributed by atoms with Gasteiger partial charge in [-0.15, -0.1) is 11.3 Å². The van der Waals surface area contributed by atoms with Gasteiger partial charge in [0.2, 0.25) is 0 Å². The minimum absolute atomic E-state index is 0.0251. The van der Waals surface area contributed by atoms with Gasteiger partial charge in [-0.05, 0) is 116 Å². The predicted octanol–water partition coefficient (Wildman–Crippen LogP) is 11.3. The second-order valence-electron chi connectivity index (χ2n) is 13.1. The highest BCUT2D eigenvalue weighted by atomic mass is 35.5. The van der Waals surface area contributed by atoms with Crippen LogP contribution < -0.4 is 14.2 Å². The van der Waals surface area contributed by atoms with Gasteiger partial charge in [-0.2, -0.15) is 13.2 Å². The Balaban J connectivity index is 0.000000211. The van der Waals surface area contributed by atoms with E-state index in [1.807, 2.05) is 35.6 Å². The molecule has 0 saturated heterocycles. The molecule has 0 unspecified atom stereocenters. The summed E-state index contributed by atoms with van der Waals surface area (Å²) in [6.45, 7) is 5.82. The fourth-order valence-corrected chi connectivity index (χ4v) is 7.64. The maximum Gasteiger partial charge on any atom is 0.416 e. The number of rotatable bonds is 12. The molecule has 6 rings (SSSR count). The monoisotopic (exact) mass is 769 g/mol. The number of methoxy groups -OCH3 is 2. The Kier molecular flexibility index (Phi) is 13.7. The van der Waals surface area contributed by atoms with Gasteiger partial charge < -0.3 is 19.3 Å². The molecule has 11 heteroatoms. The van der Waals surface area contributed by atoms with E-state index < -0.39 is 11.7 Å². The van der Waals surface area contributed by atoms with E-state index in [0.717, 1.165) is 55.3 Å². The number of halogens is 5. The number of alkyl halides is 3. The summed E-state index contributed by atoms with van der Waals surface area (Å²) in [5.74, 6) is 1.82. The van der Waals surface area contributed by atoms with Crippen molar-refractivity contribution in [2.75, 3.05) is 20.8 Å². The van der Waals surface area contributed by atoms with Gasteiger partial charge >= 0.3 is 6.18 Å². The second-order valence-corrected chi connectivity index (χ2v) is 14.6. The predicted molar refractivity (Wildman–Crippen MR) is 203 cm³/mol. The lowest BCUT2D eigenvalue weighted by Crippen LogP contribution is -2.30. The van der Waals surface area contributed by atoms with Gasteiger partial charge in [-0.1, -0.05) is 35.4 Å². The fourth-order valence-electron chi connectivity index (χ4n) is 6.47. The highest BCUT2D eigenvalue weighted by Crippen LogP contribution is 2.36. The molecule has 2 heterocycles. The van der Waals surface area contributed by atoms with E-state index in [-0.39, 0.29) is 18.2 Å². The third-order valence-electron chi connectivity index (χ3n) is 9.23. The highest BCUT2D eigenvalue weighted by molar-refractivity contribution is 7.10. The third-order valence-corrected chi connectivity index (χ3v) is 10.7. The molecule has 1 aromatic heterocycles. The molecule has 53 heavy (non-hydrogen) atoms. The number of hydrogen-bond donors (Lipinski definition) is 1. The molecule has 5 nitrogen and oxygen atoms in total. The molecule has 0 radical (unpaired) electrons. The van der Waals surface area contributed by atoms with E-state index in [1.54, 1.807) is 45.4 Å². The number of phenolic OH excluding ortho intramolecular Hbond substituents is 1. The normalized spacial score (nSPS) is 12.8. The lowest BCUT2D eigenvalue weighted by atomic mass is 9.98. The van der Waals surface area contributed by atoms with Crippen LogP contribution >= 0.6 is 22.9 Å². The van der Waals surface area contributed by atoms with Gasteiger partial charge in [-0.3, -0.25) is 4.90 Å². The largest absolute Gasteiger partial charge is 0.508 e. The van der Waals surface area contributed by atoms with Crippen molar-refractivity contribution < 1.29 is 36.9 Å². The maximum atomic E-state index is 14.0. The van der Waals surface area contributed by atoms with Crippen molar-refractivity contribution in [2.45, 2.75) is 71.8 Å². The number of unbranched alkanes of at least 4 members (excludes halogenated alkanes) is 1. The molecule has 0 aliphatic carbocycles. The number of phenols is 1. The van der Waals surface area contributed by atoms with Gasteiger partial charge in [0.05, 0.1) is 24.8 Å². The van der Waals surface area contributed by atoms with Crippen LogP contribution in [0.1, 0.15) is 62.2 Å². The molecule has 0 atom stereocenters. The lowest BCUT2D eigenvalue weighted by molar-refractivity contribution is -0.137. The first-order chi connectivity index (χ1) is 25.3. The number of aromatic hydroxyl groups is 1. The topological polar surface area (TPSA) is 51.2 Å². The van der Waals surface area contributed by atoms with Crippen LogP contribution in [0.4, 0.5) is 17.6 Å². The number of benzene rings is 4. The SMILES string of the molecule is COc1cc(OCc2c(F)cccc2Cl)cc(OC)c1CCCCc1sccc1C.Cc1cc(CN2CCc3cc(O)ccc3C2)cc(C(F)(F)F)c1. The van der Waals surface area contributed by atoms with Crippen molar-refractivity contribution >= 4 is 22.9 Å². The molecule has 0 saturated carbocycles. The Morgan fingerprint density at radius 2 is 1.60 bits per heavy atom. The number of fused-ring (bicyclic) bond motifs is 1. The fraction of sp³-hybridized carbons (Fsp3) is 0.333. The molecule has 0 fully saturated rings. The molecule has 1 N–H and O–H groups in total. The smallest absolute Gasteiger partial charge is 0.416 e. The molecule has 4 aromatic carbocycles. The van der Waals surface area contributed by atoms with E-state index >= 15 is 0 Å². The zero-order chi connectivity index (χ0) is 38.1. The number of nitrogens with zero attached hydrogens (tertiary/aromatic N) is 1. The minimum Gasteiger partial charge on any atom is -0.508 e. The summed E-state index contributed by atoms with van der Waals surface area (Å²) in [6.07, 6.45) is 0.524. The van der Waals surface area contributed by atoms with Crippen LogP contribution in [0.25, 0.3) is 0 Å². The minimum atomic E-state index is -4.31. The van der Waals surface area contributed by atoms with E-state index in [0.29, 0.717) is 52.1 Å².